The molecule has 6 heteroatoms. The fraction of sp³-hybridized carbons (Fsp3) is 0.200. The van der Waals surface area contributed by atoms with Gasteiger partial charge in [0.05, 0.1) is 26.2 Å². The van der Waals surface area contributed by atoms with Gasteiger partial charge in [-0.1, -0.05) is 34.8 Å². The van der Waals surface area contributed by atoms with Gasteiger partial charge in [-0.3, -0.25) is 0 Å². The van der Waals surface area contributed by atoms with Crippen LogP contribution < -0.4 is 0 Å². The average molecular weight is 277 g/mol. The first kappa shape index (κ1) is 11.5. The molecule has 3 nitrogen and oxygen atoms in total. The summed E-state index contributed by atoms with van der Waals surface area (Å²) in [6.07, 6.45) is -0.502. The predicted octanol–water partition coefficient (Wildman–Crippen LogP) is 3.75. The summed E-state index contributed by atoms with van der Waals surface area (Å²) >= 11 is 17.8. The Kier molecular flexibility index (Phi) is 2.75. The highest BCUT2D eigenvalue weighted by Gasteiger charge is 2.36. The van der Waals surface area contributed by atoms with Crippen molar-refractivity contribution in [1.29, 1.82) is 5.26 Å². The molecule has 2 rings (SSSR count). The lowest BCUT2D eigenvalue weighted by Crippen LogP contribution is -1.98. The molecule has 0 radical (unpaired) electrons. The van der Waals surface area contributed by atoms with E-state index in [1.54, 1.807) is 6.92 Å². The van der Waals surface area contributed by atoms with Crippen LogP contribution in [0.15, 0.2) is 0 Å². The Morgan fingerprint density at radius 2 is 1.88 bits per heavy atom. The second-order valence-corrected chi connectivity index (χ2v) is 4.40. The molecule has 1 aliphatic heterocycles. The van der Waals surface area contributed by atoms with Crippen LogP contribution in [0.5, 0.6) is 0 Å². The first-order valence-corrected chi connectivity index (χ1v) is 5.43. The lowest BCUT2D eigenvalue weighted by atomic mass is 10.0. The highest BCUT2D eigenvalue weighted by atomic mass is 35.5. The Morgan fingerprint density at radius 1 is 1.25 bits per heavy atom. The molecule has 1 aromatic rings. The summed E-state index contributed by atoms with van der Waals surface area (Å²) in [6.45, 7) is 1.66. The van der Waals surface area contributed by atoms with Gasteiger partial charge in [0, 0.05) is 5.56 Å². The predicted molar refractivity (Wildman–Crippen MR) is 60.0 cm³/mol. The molecule has 82 valence electrons. The van der Waals surface area contributed by atoms with E-state index < -0.39 is 12.1 Å². The van der Waals surface area contributed by atoms with E-state index in [0.717, 1.165) is 0 Å². The molecule has 0 fully saturated rings. The number of hydrogen-bond donors (Lipinski definition) is 0. The summed E-state index contributed by atoms with van der Waals surface area (Å²) in [4.78, 5) is 11.5. The van der Waals surface area contributed by atoms with Crippen LogP contribution in [0.25, 0.3) is 0 Å². The van der Waals surface area contributed by atoms with Crippen LogP contribution in [-0.4, -0.2) is 5.97 Å². The zero-order chi connectivity index (χ0) is 12.0. The third kappa shape index (κ3) is 1.38. The van der Waals surface area contributed by atoms with Crippen LogP contribution in [0.4, 0.5) is 0 Å². The topological polar surface area (TPSA) is 50.1 Å². The molecule has 1 heterocycles. The van der Waals surface area contributed by atoms with Gasteiger partial charge in [-0.15, -0.1) is 0 Å². The van der Waals surface area contributed by atoms with Crippen LogP contribution in [0.2, 0.25) is 15.1 Å². The second kappa shape index (κ2) is 3.81. The Labute approximate surface area is 106 Å². The smallest absolute Gasteiger partial charge is 0.340 e. The van der Waals surface area contributed by atoms with Crippen LogP contribution >= 0.6 is 34.8 Å². The number of ether oxygens (including phenoxy) is 1. The van der Waals surface area contributed by atoms with E-state index in [2.05, 4.69) is 0 Å². The van der Waals surface area contributed by atoms with Gasteiger partial charge in [-0.05, 0) is 6.92 Å². The maximum Gasteiger partial charge on any atom is 0.340 e. The van der Waals surface area contributed by atoms with Crippen molar-refractivity contribution in [2.45, 2.75) is 13.0 Å². The first-order valence-electron chi connectivity index (χ1n) is 4.30. The minimum absolute atomic E-state index is 0.00116. The van der Waals surface area contributed by atoms with Crippen molar-refractivity contribution in [3.63, 3.8) is 0 Å². The number of fused-ring (bicyclic) bond motifs is 1. The van der Waals surface area contributed by atoms with E-state index in [0.29, 0.717) is 5.56 Å². The molecular formula is C10H4Cl3NO2. The van der Waals surface area contributed by atoms with E-state index in [4.69, 9.17) is 44.8 Å². The molecule has 1 unspecified atom stereocenters. The largest absolute Gasteiger partial charge is 0.454 e. The van der Waals surface area contributed by atoms with Crippen LogP contribution in [-0.2, 0) is 4.74 Å². The molecule has 0 amide bonds. The van der Waals surface area contributed by atoms with Gasteiger partial charge in [-0.2, -0.15) is 5.26 Å². The third-order valence-electron chi connectivity index (χ3n) is 2.36. The summed E-state index contributed by atoms with van der Waals surface area (Å²) in [7, 11) is 0. The summed E-state index contributed by atoms with van der Waals surface area (Å²) in [5.41, 5.74) is 0.582. The van der Waals surface area contributed by atoms with Crippen molar-refractivity contribution < 1.29 is 9.53 Å². The van der Waals surface area contributed by atoms with E-state index in [1.165, 1.54) is 0 Å². The molecule has 0 bridgehead atoms. The molecule has 1 atom stereocenters. The SMILES string of the molecule is CC1OC(=O)c2c(Cl)c(C#N)c(Cl)c(Cl)c21. The summed E-state index contributed by atoms with van der Waals surface area (Å²) < 4.78 is 4.97. The minimum Gasteiger partial charge on any atom is -0.454 e. The van der Waals surface area contributed by atoms with Crippen molar-refractivity contribution >= 4 is 40.8 Å². The maximum atomic E-state index is 11.5. The van der Waals surface area contributed by atoms with Gasteiger partial charge >= 0.3 is 5.97 Å². The fourth-order valence-electron chi connectivity index (χ4n) is 1.64. The number of carbonyl (C=O) groups excluding carboxylic acids is 1. The molecular weight excluding hydrogens is 272 g/mol. The number of hydrogen-bond acceptors (Lipinski definition) is 3. The fourth-order valence-corrected chi connectivity index (χ4v) is 2.58. The van der Waals surface area contributed by atoms with Crippen molar-refractivity contribution in [3.8, 4) is 6.07 Å². The number of carbonyl (C=O) groups is 1. The minimum atomic E-state index is -0.581. The third-order valence-corrected chi connectivity index (χ3v) is 3.61. The zero-order valence-electron chi connectivity index (χ0n) is 7.97. The Morgan fingerprint density at radius 3 is 2.44 bits per heavy atom. The van der Waals surface area contributed by atoms with Gasteiger partial charge in [-0.25, -0.2) is 4.79 Å². The second-order valence-electron chi connectivity index (χ2n) is 3.26. The summed E-state index contributed by atoms with van der Waals surface area (Å²) in [5.74, 6) is -0.581. The molecule has 0 saturated heterocycles. The van der Waals surface area contributed by atoms with Gasteiger partial charge < -0.3 is 4.74 Å². The normalized spacial score (nSPS) is 17.9. The zero-order valence-corrected chi connectivity index (χ0v) is 10.2. The van der Waals surface area contributed by atoms with Crippen LogP contribution in [0, 0.1) is 11.3 Å². The van der Waals surface area contributed by atoms with Gasteiger partial charge in [0.25, 0.3) is 0 Å². The average Bonchev–Trinajstić information content (AvgIpc) is 2.52. The number of halogens is 3. The molecule has 0 spiro atoms. The van der Waals surface area contributed by atoms with Gasteiger partial charge in [0.15, 0.2) is 0 Å². The van der Waals surface area contributed by atoms with Crippen molar-refractivity contribution in [1.82, 2.24) is 0 Å². The molecule has 0 aliphatic carbocycles. The molecule has 0 aromatic heterocycles. The number of nitriles is 1. The monoisotopic (exact) mass is 275 g/mol. The molecule has 1 aliphatic rings. The lowest BCUT2D eigenvalue weighted by molar-refractivity contribution is 0.0422. The molecule has 1 aromatic carbocycles. The van der Waals surface area contributed by atoms with E-state index in [-0.39, 0.29) is 26.2 Å². The van der Waals surface area contributed by atoms with E-state index in [1.807, 2.05) is 6.07 Å². The van der Waals surface area contributed by atoms with Crippen LogP contribution in [0.3, 0.4) is 0 Å². The number of cyclic esters (lactones) is 1. The standard InChI is InChI=1S/C10H4Cl3NO2/c1-3-5-6(10(15)16-3)7(11)4(2-14)8(12)9(5)13/h3H,1H3. The quantitative estimate of drug-likeness (QED) is 0.535. The van der Waals surface area contributed by atoms with Crippen molar-refractivity contribution in [2.24, 2.45) is 0 Å². The van der Waals surface area contributed by atoms with E-state index >= 15 is 0 Å². The highest BCUT2D eigenvalue weighted by molar-refractivity contribution is 6.46. The Balaban J connectivity index is 2.90. The van der Waals surface area contributed by atoms with E-state index in [9.17, 15) is 4.79 Å². The molecule has 16 heavy (non-hydrogen) atoms. The van der Waals surface area contributed by atoms with Gasteiger partial charge in [0.2, 0.25) is 0 Å². The Hall–Kier alpha value is -0.950. The maximum absolute atomic E-state index is 11.5. The first-order chi connectivity index (χ1) is 7.49. The number of benzene rings is 1. The highest BCUT2D eigenvalue weighted by Crippen LogP contribution is 2.45. The van der Waals surface area contributed by atoms with Gasteiger partial charge in [0.1, 0.15) is 12.2 Å². The number of esters is 1. The number of nitrogens with zero attached hydrogens (tertiary/aromatic N) is 1. The summed E-state index contributed by atoms with van der Waals surface area (Å²) in [5, 5.41) is 9.08. The Bertz CT molecular complexity index is 548. The van der Waals surface area contributed by atoms with Crippen molar-refractivity contribution in [3.05, 3.63) is 31.8 Å². The summed E-state index contributed by atoms with van der Waals surface area (Å²) in [6, 6.07) is 1.81. The lowest BCUT2D eigenvalue weighted by Gasteiger charge is -2.08. The van der Waals surface area contributed by atoms with Crippen molar-refractivity contribution in [2.75, 3.05) is 0 Å². The number of rotatable bonds is 0. The van der Waals surface area contributed by atoms with Crippen LogP contribution in [0.1, 0.15) is 34.5 Å². The molecule has 0 N–H and O–H groups in total. The molecule has 0 saturated carbocycles.